The molecule has 3 saturated heterocycles. The zero-order valence-electron chi connectivity index (χ0n) is 27.6. The van der Waals surface area contributed by atoms with Crippen LogP contribution in [0.15, 0.2) is 42.5 Å². The van der Waals surface area contributed by atoms with Gasteiger partial charge in [0.25, 0.3) is 5.91 Å². The molecule has 0 bridgehead atoms. The average molecular weight is 675 g/mol. The first kappa shape index (κ1) is 34.5. The number of hydrogen-bond acceptors (Lipinski definition) is 6. The summed E-state index contributed by atoms with van der Waals surface area (Å²) < 4.78 is 64.6. The number of carbonyl (C=O) groups excluding carboxylic acids is 2. The third kappa shape index (κ3) is 6.62. The number of aliphatic hydroxyl groups is 1. The van der Waals surface area contributed by atoms with Crippen molar-refractivity contribution in [3.8, 4) is 5.75 Å². The molecule has 12 heteroatoms. The van der Waals surface area contributed by atoms with Crippen LogP contribution in [0.3, 0.4) is 0 Å². The van der Waals surface area contributed by atoms with Crippen molar-refractivity contribution in [1.29, 1.82) is 0 Å². The van der Waals surface area contributed by atoms with Crippen LogP contribution in [-0.2, 0) is 15.8 Å². The van der Waals surface area contributed by atoms with Crippen LogP contribution in [-0.4, -0.2) is 98.5 Å². The number of aliphatic hydroxyl groups excluding tert-OH is 1. The number of nitrogens with zero attached hydrogens (tertiary/aromatic N) is 3. The van der Waals surface area contributed by atoms with Crippen LogP contribution in [0.25, 0.3) is 0 Å². The van der Waals surface area contributed by atoms with Gasteiger partial charge in [-0.1, -0.05) is 31.0 Å². The highest BCUT2D eigenvalue weighted by Crippen LogP contribution is 2.47. The van der Waals surface area contributed by atoms with Crippen LogP contribution >= 0.6 is 0 Å². The lowest BCUT2D eigenvalue weighted by Gasteiger charge is -2.36. The predicted molar refractivity (Wildman–Crippen MR) is 174 cm³/mol. The molecule has 6 rings (SSSR count). The van der Waals surface area contributed by atoms with Gasteiger partial charge in [-0.15, -0.1) is 0 Å². The summed E-state index contributed by atoms with van der Waals surface area (Å²) in [4.78, 5) is 32.1. The van der Waals surface area contributed by atoms with E-state index in [0.717, 1.165) is 37.8 Å². The maximum absolute atomic E-state index is 17.5. The Balaban J connectivity index is 1.29. The van der Waals surface area contributed by atoms with E-state index in [-0.39, 0.29) is 44.1 Å². The summed E-state index contributed by atoms with van der Waals surface area (Å²) in [6.45, 7) is 1.05. The van der Waals surface area contributed by atoms with Gasteiger partial charge in [-0.2, -0.15) is 13.2 Å². The minimum absolute atomic E-state index is 0.0238. The van der Waals surface area contributed by atoms with Crippen LogP contribution in [0.2, 0.25) is 0 Å². The molecule has 0 spiro atoms. The maximum atomic E-state index is 17.5. The van der Waals surface area contributed by atoms with Gasteiger partial charge in [0.1, 0.15) is 5.75 Å². The molecular formula is C36H46F4N4O4. The number of carbonyl (C=O) groups is 2. The van der Waals surface area contributed by atoms with Gasteiger partial charge in [0.15, 0.2) is 0 Å². The molecule has 262 valence electrons. The van der Waals surface area contributed by atoms with Crippen molar-refractivity contribution in [2.24, 2.45) is 11.8 Å². The number of nitrogens with one attached hydrogen (secondary N) is 1. The lowest BCUT2D eigenvalue weighted by atomic mass is 9.85. The number of likely N-dealkylation sites (tertiary alicyclic amines) is 2. The molecule has 0 aromatic heterocycles. The smallest absolute Gasteiger partial charge is 0.416 e. The number of ether oxygens (including phenoxy) is 1. The largest absolute Gasteiger partial charge is 0.497 e. The quantitative estimate of drug-likeness (QED) is 0.386. The number of piperidine rings is 1. The van der Waals surface area contributed by atoms with Gasteiger partial charge in [-0.05, 0) is 61.1 Å². The first-order valence-electron chi connectivity index (χ1n) is 17.1. The van der Waals surface area contributed by atoms with E-state index in [1.54, 1.807) is 26.3 Å². The Morgan fingerprint density at radius 1 is 1.00 bits per heavy atom. The van der Waals surface area contributed by atoms with Crippen LogP contribution in [0.5, 0.6) is 5.75 Å². The van der Waals surface area contributed by atoms with E-state index in [9.17, 15) is 27.9 Å². The monoisotopic (exact) mass is 674 g/mol. The summed E-state index contributed by atoms with van der Waals surface area (Å²) in [5, 5.41) is 13.2. The Hall–Kier alpha value is -3.38. The Morgan fingerprint density at radius 2 is 1.69 bits per heavy atom. The second kappa shape index (κ2) is 13.9. The van der Waals surface area contributed by atoms with Gasteiger partial charge in [0, 0.05) is 88.3 Å². The van der Waals surface area contributed by atoms with Gasteiger partial charge >= 0.3 is 6.18 Å². The lowest BCUT2D eigenvalue weighted by Crippen LogP contribution is -2.50. The van der Waals surface area contributed by atoms with E-state index in [1.807, 2.05) is 17.0 Å². The first-order chi connectivity index (χ1) is 23.0. The van der Waals surface area contributed by atoms with E-state index < -0.39 is 41.1 Å². The standard InChI is InChI=1S/C36H46F4N4O4/c1-41-33(46)24-13-15-42(16-14-24)32-17-26(36(38,39)40)9-12-29(32)30-19-43(18-25(30)21-45)34(47)35(37)22-44(27-5-3-4-6-27)20-31(35)23-7-10-28(48-2)11-8-23/h7-12,17,24-25,27,30-31,45H,3-6,13-16,18-22H2,1-2H3,(H,41,46)/t25-,30+,31+,35+/m1/s1. The number of methoxy groups -OCH3 is 1. The fraction of sp³-hybridized carbons (Fsp3) is 0.611. The Bertz CT molecular complexity index is 1460. The van der Waals surface area contributed by atoms with Crippen molar-refractivity contribution in [1.82, 2.24) is 15.1 Å². The minimum atomic E-state index is -4.56. The lowest BCUT2D eigenvalue weighted by molar-refractivity contribution is -0.143. The highest BCUT2D eigenvalue weighted by molar-refractivity contribution is 5.88. The molecule has 2 aromatic rings. The number of alkyl halides is 4. The zero-order valence-corrected chi connectivity index (χ0v) is 27.6. The molecule has 48 heavy (non-hydrogen) atoms. The Labute approximate surface area is 279 Å². The number of benzene rings is 2. The molecule has 1 saturated carbocycles. The van der Waals surface area contributed by atoms with Crippen molar-refractivity contribution in [2.45, 2.75) is 68.2 Å². The number of hydrogen-bond donors (Lipinski definition) is 2. The second-order valence-electron chi connectivity index (χ2n) is 14.0. The summed E-state index contributed by atoms with van der Waals surface area (Å²) in [6.07, 6.45) is 0.501. The molecule has 8 nitrogen and oxygen atoms in total. The second-order valence-corrected chi connectivity index (χ2v) is 14.0. The van der Waals surface area contributed by atoms with Gasteiger partial charge < -0.3 is 25.0 Å². The topological polar surface area (TPSA) is 85.4 Å². The molecule has 0 unspecified atom stereocenters. The van der Waals surface area contributed by atoms with Crippen LogP contribution in [0.1, 0.15) is 67.1 Å². The Morgan fingerprint density at radius 3 is 2.29 bits per heavy atom. The molecule has 2 N–H and O–H groups in total. The molecule has 3 heterocycles. The molecule has 4 atom stereocenters. The van der Waals surface area contributed by atoms with E-state index in [4.69, 9.17) is 4.74 Å². The maximum Gasteiger partial charge on any atom is 0.416 e. The molecule has 3 aliphatic heterocycles. The fourth-order valence-electron chi connectivity index (χ4n) is 8.55. The number of amides is 2. The summed E-state index contributed by atoms with van der Waals surface area (Å²) in [7, 11) is 3.13. The molecular weight excluding hydrogens is 628 g/mol. The third-order valence-corrected chi connectivity index (χ3v) is 11.3. The summed E-state index contributed by atoms with van der Waals surface area (Å²) in [5.41, 5.74) is -1.31. The highest BCUT2D eigenvalue weighted by atomic mass is 19.4. The molecule has 2 amide bonds. The molecule has 4 aliphatic rings. The van der Waals surface area contributed by atoms with E-state index in [1.165, 1.54) is 11.0 Å². The van der Waals surface area contributed by atoms with Crippen molar-refractivity contribution in [2.75, 3.05) is 64.9 Å². The predicted octanol–water partition coefficient (Wildman–Crippen LogP) is 4.96. The number of halogens is 4. The third-order valence-electron chi connectivity index (χ3n) is 11.3. The number of rotatable bonds is 8. The first-order valence-corrected chi connectivity index (χ1v) is 17.1. The van der Waals surface area contributed by atoms with Crippen LogP contribution < -0.4 is 15.0 Å². The van der Waals surface area contributed by atoms with Crippen LogP contribution in [0.4, 0.5) is 23.2 Å². The summed E-state index contributed by atoms with van der Waals surface area (Å²) >= 11 is 0. The van der Waals surface area contributed by atoms with E-state index >= 15 is 4.39 Å². The zero-order chi connectivity index (χ0) is 34.2. The van der Waals surface area contributed by atoms with Crippen LogP contribution in [0, 0.1) is 11.8 Å². The summed E-state index contributed by atoms with van der Waals surface area (Å²) in [6, 6.07) is 11.0. The fourth-order valence-corrected chi connectivity index (χ4v) is 8.55. The average Bonchev–Trinajstić information content (AvgIpc) is 3.87. The summed E-state index contributed by atoms with van der Waals surface area (Å²) in [5.74, 6) is -1.99. The molecule has 4 fully saturated rings. The van der Waals surface area contributed by atoms with Crippen molar-refractivity contribution >= 4 is 17.5 Å². The van der Waals surface area contributed by atoms with Gasteiger partial charge in [0.2, 0.25) is 11.6 Å². The highest BCUT2D eigenvalue weighted by Gasteiger charge is 2.57. The van der Waals surface area contributed by atoms with E-state index in [2.05, 4.69) is 10.2 Å². The number of anilines is 1. The van der Waals surface area contributed by atoms with Crippen molar-refractivity contribution in [3.05, 3.63) is 59.2 Å². The van der Waals surface area contributed by atoms with Gasteiger partial charge in [-0.3, -0.25) is 14.5 Å². The van der Waals surface area contributed by atoms with Gasteiger partial charge in [0.05, 0.1) is 12.7 Å². The van der Waals surface area contributed by atoms with E-state index in [0.29, 0.717) is 55.0 Å². The Kier molecular flexibility index (Phi) is 9.95. The van der Waals surface area contributed by atoms with Gasteiger partial charge in [-0.25, -0.2) is 4.39 Å². The van der Waals surface area contributed by atoms with Crippen molar-refractivity contribution < 1.29 is 37.0 Å². The normalized spacial score (nSPS) is 27.5. The minimum Gasteiger partial charge on any atom is -0.497 e. The molecule has 2 aromatic carbocycles. The van der Waals surface area contributed by atoms with Crippen molar-refractivity contribution in [3.63, 3.8) is 0 Å². The SMILES string of the molecule is CNC(=O)C1CCN(c2cc(C(F)(F)F)ccc2[C@H]2CN(C(=O)[C@]3(F)CN(C4CCCC4)C[C@H]3c3ccc(OC)cc3)C[C@@H]2CO)CC1. The molecule has 0 radical (unpaired) electrons. The molecule has 1 aliphatic carbocycles.